The Kier molecular flexibility index (Phi) is 9.44. The van der Waals surface area contributed by atoms with E-state index in [1.165, 1.54) is 19.3 Å². The first-order chi connectivity index (χ1) is 6.31. The van der Waals surface area contributed by atoms with E-state index in [-0.39, 0.29) is 6.10 Å². The van der Waals surface area contributed by atoms with Gasteiger partial charge in [0.1, 0.15) is 0 Å². The molecule has 0 aromatic heterocycles. The van der Waals surface area contributed by atoms with Crippen molar-refractivity contribution >= 4 is 6.72 Å². The van der Waals surface area contributed by atoms with Crippen LogP contribution in [0, 0.1) is 0 Å². The first kappa shape index (κ1) is 12.6. The van der Waals surface area contributed by atoms with Crippen LogP contribution in [0.25, 0.3) is 0 Å². The number of aliphatic hydroxyl groups is 1. The topological polar surface area (TPSA) is 32.6 Å². The van der Waals surface area contributed by atoms with Gasteiger partial charge in [-0.1, -0.05) is 32.6 Å². The van der Waals surface area contributed by atoms with Crippen molar-refractivity contribution in [2.24, 2.45) is 4.99 Å². The van der Waals surface area contributed by atoms with E-state index in [1.54, 1.807) is 0 Å². The van der Waals surface area contributed by atoms with Crippen LogP contribution in [0.3, 0.4) is 0 Å². The van der Waals surface area contributed by atoms with Crippen molar-refractivity contribution in [2.45, 2.75) is 58.0 Å². The predicted octanol–water partition coefficient (Wildman–Crippen LogP) is 2.80. The fraction of sp³-hybridized carbons (Fsp3) is 0.909. The Bertz CT molecular complexity index is 115. The third kappa shape index (κ3) is 9.54. The normalized spacial score (nSPS) is 12.8. The summed E-state index contributed by atoms with van der Waals surface area (Å²) in [7, 11) is 0. The van der Waals surface area contributed by atoms with Crippen LogP contribution in [0.2, 0.25) is 0 Å². The van der Waals surface area contributed by atoms with Crippen LogP contribution in [0.1, 0.15) is 51.9 Å². The second-order valence-electron chi connectivity index (χ2n) is 3.59. The highest BCUT2D eigenvalue weighted by Crippen LogP contribution is 2.09. The largest absolute Gasteiger partial charge is 0.393 e. The van der Waals surface area contributed by atoms with Gasteiger partial charge in [-0.2, -0.15) is 0 Å². The molecule has 0 spiro atoms. The summed E-state index contributed by atoms with van der Waals surface area (Å²) < 4.78 is 0. The molecule has 0 fully saturated rings. The average Bonchev–Trinajstić information content (AvgIpc) is 2.13. The molecule has 0 heterocycles. The van der Waals surface area contributed by atoms with Crippen LogP contribution in [-0.2, 0) is 0 Å². The molecule has 2 nitrogen and oxygen atoms in total. The predicted molar refractivity (Wildman–Crippen MR) is 58.4 cm³/mol. The van der Waals surface area contributed by atoms with Crippen LogP contribution in [-0.4, -0.2) is 24.5 Å². The molecule has 2 heteroatoms. The van der Waals surface area contributed by atoms with Gasteiger partial charge in [0.2, 0.25) is 0 Å². The highest BCUT2D eigenvalue weighted by atomic mass is 16.3. The second kappa shape index (κ2) is 9.72. The van der Waals surface area contributed by atoms with Crippen LogP contribution < -0.4 is 0 Å². The van der Waals surface area contributed by atoms with E-state index in [4.69, 9.17) is 0 Å². The van der Waals surface area contributed by atoms with Gasteiger partial charge in [-0.25, -0.2) is 0 Å². The molecule has 1 atom stereocenters. The fourth-order valence-electron chi connectivity index (χ4n) is 1.39. The molecular formula is C11H23NO. The zero-order valence-corrected chi connectivity index (χ0v) is 8.84. The summed E-state index contributed by atoms with van der Waals surface area (Å²) >= 11 is 0. The zero-order valence-electron chi connectivity index (χ0n) is 8.84. The molecule has 0 saturated heterocycles. The van der Waals surface area contributed by atoms with E-state index in [0.29, 0.717) is 0 Å². The maximum atomic E-state index is 9.51. The Balaban J connectivity index is 3.09. The summed E-state index contributed by atoms with van der Waals surface area (Å²) in [4.78, 5) is 3.76. The van der Waals surface area contributed by atoms with Crippen molar-refractivity contribution in [3.05, 3.63) is 0 Å². The van der Waals surface area contributed by atoms with E-state index in [9.17, 15) is 5.11 Å². The molecule has 0 aliphatic heterocycles. The highest BCUT2D eigenvalue weighted by Gasteiger charge is 2.02. The van der Waals surface area contributed by atoms with Gasteiger partial charge in [-0.3, -0.25) is 0 Å². The van der Waals surface area contributed by atoms with Crippen molar-refractivity contribution in [3.63, 3.8) is 0 Å². The van der Waals surface area contributed by atoms with Crippen molar-refractivity contribution in [2.75, 3.05) is 6.54 Å². The summed E-state index contributed by atoms with van der Waals surface area (Å²) in [6, 6.07) is 0. The number of hydrogen-bond acceptors (Lipinski definition) is 2. The number of unbranched alkanes of at least 4 members (excludes halogenated alkanes) is 3. The van der Waals surface area contributed by atoms with E-state index in [2.05, 4.69) is 18.6 Å². The molecule has 0 aromatic rings. The fourth-order valence-corrected chi connectivity index (χ4v) is 1.39. The van der Waals surface area contributed by atoms with Gasteiger partial charge in [-0.15, -0.1) is 0 Å². The van der Waals surface area contributed by atoms with Gasteiger partial charge >= 0.3 is 0 Å². The molecule has 0 aromatic carbocycles. The minimum absolute atomic E-state index is 0.112. The summed E-state index contributed by atoms with van der Waals surface area (Å²) in [5.41, 5.74) is 0. The van der Waals surface area contributed by atoms with Crippen LogP contribution in [0.15, 0.2) is 4.99 Å². The van der Waals surface area contributed by atoms with Gasteiger partial charge in [0, 0.05) is 6.54 Å². The smallest absolute Gasteiger partial charge is 0.0541 e. The molecular weight excluding hydrogens is 162 g/mol. The molecule has 78 valence electrons. The van der Waals surface area contributed by atoms with Crippen molar-refractivity contribution < 1.29 is 5.11 Å². The Morgan fingerprint density at radius 1 is 1.15 bits per heavy atom. The lowest BCUT2D eigenvalue weighted by molar-refractivity contribution is 0.149. The maximum absolute atomic E-state index is 9.51. The molecule has 0 aliphatic carbocycles. The standard InChI is InChI=1S/C11H23NO/c1-3-4-5-6-8-11(13)9-7-10-12-2/h11,13H,2-10H2,1H3. The minimum atomic E-state index is -0.112. The lowest BCUT2D eigenvalue weighted by Gasteiger charge is -2.08. The number of aliphatic imine (C=N–C) groups is 1. The van der Waals surface area contributed by atoms with Gasteiger partial charge in [0.25, 0.3) is 0 Å². The third-order valence-electron chi connectivity index (χ3n) is 2.24. The van der Waals surface area contributed by atoms with Gasteiger partial charge in [0.05, 0.1) is 6.10 Å². The second-order valence-corrected chi connectivity index (χ2v) is 3.59. The average molecular weight is 185 g/mol. The molecule has 0 bridgehead atoms. The molecule has 1 unspecified atom stereocenters. The summed E-state index contributed by atoms with van der Waals surface area (Å²) in [5.74, 6) is 0. The van der Waals surface area contributed by atoms with Crippen LogP contribution in [0.5, 0.6) is 0 Å². The monoisotopic (exact) mass is 185 g/mol. The van der Waals surface area contributed by atoms with Crippen molar-refractivity contribution in [3.8, 4) is 0 Å². The molecule has 0 rings (SSSR count). The molecule has 1 N–H and O–H groups in total. The summed E-state index contributed by atoms with van der Waals surface area (Å²) in [5, 5.41) is 9.51. The van der Waals surface area contributed by atoms with Gasteiger partial charge < -0.3 is 10.1 Å². The first-order valence-electron chi connectivity index (χ1n) is 5.41. The number of aliphatic hydroxyl groups excluding tert-OH is 1. The lowest BCUT2D eigenvalue weighted by atomic mass is 10.1. The Morgan fingerprint density at radius 2 is 1.85 bits per heavy atom. The van der Waals surface area contributed by atoms with E-state index >= 15 is 0 Å². The first-order valence-corrected chi connectivity index (χ1v) is 5.41. The van der Waals surface area contributed by atoms with Crippen molar-refractivity contribution in [1.29, 1.82) is 0 Å². The van der Waals surface area contributed by atoms with Gasteiger partial charge in [-0.05, 0) is 26.0 Å². The van der Waals surface area contributed by atoms with E-state index in [0.717, 1.165) is 32.2 Å². The molecule has 13 heavy (non-hydrogen) atoms. The van der Waals surface area contributed by atoms with E-state index < -0.39 is 0 Å². The quantitative estimate of drug-likeness (QED) is 0.435. The molecule has 0 saturated carbocycles. The van der Waals surface area contributed by atoms with Gasteiger partial charge in [0.15, 0.2) is 0 Å². The third-order valence-corrected chi connectivity index (χ3v) is 2.24. The summed E-state index contributed by atoms with van der Waals surface area (Å²) in [6.07, 6.45) is 7.67. The molecule has 0 aliphatic rings. The minimum Gasteiger partial charge on any atom is -0.393 e. The molecule has 0 radical (unpaired) electrons. The Labute approximate surface area is 82.1 Å². The number of nitrogens with zero attached hydrogens (tertiary/aromatic N) is 1. The van der Waals surface area contributed by atoms with Crippen molar-refractivity contribution in [1.82, 2.24) is 0 Å². The molecule has 0 amide bonds. The maximum Gasteiger partial charge on any atom is 0.0541 e. The van der Waals surface area contributed by atoms with E-state index in [1.807, 2.05) is 0 Å². The Morgan fingerprint density at radius 3 is 2.46 bits per heavy atom. The van der Waals surface area contributed by atoms with Crippen LogP contribution in [0.4, 0.5) is 0 Å². The number of hydrogen-bond donors (Lipinski definition) is 1. The Hall–Kier alpha value is -0.370. The van der Waals surface area contributed by atoms with Crippen LogP contribution >= 0.6 is 0 Å². The summed E-state index contributed by atoms with van der Waals surface area (Å²) in [6.45, 7) is 6.40. The lowest BCUT2D eigenvalue weighted by Crippen LogP contribution is -2.06. The number of rotatable bonds is 9. The zero-order chi connectivity index (χ0) is 9.94. The SMILES string of the molecule is C=NCCCC(O)CCCCCC. The highest BCUT2D eigenvalue weighted by molar-refractivity contribution is 5.22.